The Labute approximate surface area is 147 Å². The molecule has 0 aliphatic rings. The van der Waals surface area contributed by atoms with E-state index in [1.807, 2.05) is 35.9 Å². The van der Waals surface area contributed by atoms with E-state index in [0.29, 0.717) is 0 Å². The van der Waals surface area contributed by atoms with Crippen molar-refractivity contribution in [2.45, 2.75) is 33.2 Å². The quantitative estimate of drug-likeness (QED) is 0.538. The van der Waals surface area contributed by atoms with Crippen LogP contribution in [0.3, 0.4) is 0 Å². The second-order valence-electron chi connectivity index (χ2n) is 5.85. The van der Waals surface area contributed by atoms with Crippen LogP contribution in [0.4, 0.5) is 0 Å². The number of nitrogens with zero attached hydrogens (tertiary/aromatic N) is 6. The van der Waals surface area contributed by atoms with Crippen LogP contribution in [-0.4, -0.2) is 29.4 Å². The fraction of sp³-hybridized carbons (Fsp3) is 0.294. The van der Waals surface area contributed by atoms with Gasteiger partial charge >= 0.3 is 0 Å². The van der Waals surface area contributed by atoms with Gasteiger partial charge in [-0.2, -0.15) is 5.10 Å². The predicted molar refractivity (Wildman–Crippen MR) is 96.1 cm³/mol. The smallest absolute Gasteiger partial charge is 0.176 e. The molecule has 0 N–H and O–H groups in total. The Bertz CT molecular complexity index is 1050. The van der Waals surface area contributed by atoms with Crippen LogP contribution in [0.1, 0.15) is 36.6 Å². The Hall–Kier alpha value is -2.28. The Balaban J connectivity index is 1.90. The first kappa shape index (κ1) is 15.3. The van der Waals surface area contributed by atoms with Crippen molar-refractivity contribution in [1.82, 2.24) is 29.4 Å². The molecule has 0 unspecified atom stereocenters. The van der Waals surface area contributed by atoms with Crippen LogP contribution in [0.5, 0.6) is 0 Å². The summed E-state index contributed by atoms with van der Waals surface area (Å²) in [5.41, 5.74) is 3.81. The minimum atomic E-state index is -0.00587. The van der Waals surface area contributed by atoms with Crippen LogP contribution in [0.25, 0.3) is 16.6 Å². The zero-order valence-electron chi connectivity index (χ0n) is 13.7. The first-order valence-electron chi connectivity index (χ1n) is 7.91. The number of hydrogen-bond donors (Lipinski definition) is 0. The average molecular weight is 385 g/mol. The summed E-state index contributed by atoms with van der Waals surface area (Å²) in [6.45, 7) is 6.17. The molecular weight excluding hydrogens is 368 g/mol. The van der Waals surface area contributed by atoms with Gasteiger partial charge in [0.15, 0.2) is 11.5 Å². The fourth-order valence-corrected chi connectivity index (χ4v) is 3.31. The molecule has 0 fully saturated rings. The van der Waals surface area contributed by atoms with Crippen molar-refractivity contribution < 1.29 is 0 Å². The molecule has 3 heterocycles. The van der Waals surface area contributed by atoms with Gasteiger partial charge in [-0.3, -0.25) is 4.68 Å². The molecule has 1 atom stereocenters. The highest BCUT2D eigenvalue weighted by Crippen LogP contribution is 2.28. The van der Waals surface area contributed by atoms with Gasteiger partial charge in [0.25, 0.3) is 0 Å². The van der Waals surface area contributed by atoms with E-state index < -0.39 is 0 Å². The van der Waals surface area contributed by atoms with Crippen LogP contribution in [-0.2, 0) is 0 Å². The average Bonchev–Trinajstić information content (AvgIpc) is 3.13. The highest BCUT2D eigenvalue weighted by molar-refractivity contribution is 9.10. The summed E-state index contributed by atoms with van der Waals surface area (Å²) in [5, 5.41) is 10.3. The van der Waals surface area contributed by atoms with Crippen molar-refractivity contribution in [2.24, 2.45) is 0 Å². The summed E-state index contributed by atoms with van der Waals surface area (Å²) in [6.07, 6.45) is 2.58. The Morgan fingerprint density at radius 3 is 2.67 bits per heavy atom. The van der Waals surface area contributed by atoms with E-state index in [-0.39, 0.29) is 6.04 Å². The molecule has 0 aliphatic heterocycles. The third kappa shape index (κ3) is 2.23. The van der Waals surface area contributed by atoms with Crippen LogP contribution in [0, 0.1) is 13.8 Å². The van der Waals surface area contributed by atoms with Crippen molar-refractivity contribution in [1.29, 1.82) is 0 Å². The van der Waals surface area contributed by atoms with Crippen LogP contribution in [0.15, 0.2) is 35.1 Å². The van der Waals surface area contributed by atoms with Crippen molar-refractivity contribution in [2.75, 3.05) is 0 Å². The molecule has 0 spiro atoms. The molecule has 3 aromatic heterocycles. The van der Waals surface area contributed by atoms with Gasteiger partial charge in [0.1, 0.15) is 12.4 Å². The summed E-state index contributed by atoms with van der Waals surface area (Å²) < 4.78 is 4.79. The van der Waals surface area contributed by atoms with E-state index >= 15 is 0 Å². The number of halogens is 1. The van der Waals surface area contributed by atoms with E-state index in [4.69, 9.17) is 4.98 Å². The Morgan fingerprint density at radius 1 is 1.17 bits per heavy atom. The highest BCUT2D eigenvalue weighted by atomic mass is 79.9. The molecule has 0 saturated heterocycles. The lowest BCUT2D eigenvalue weighted by Gasteiger charge is -2.13. The Morgan fingerprint density at radius 2 is 1.96 bits per heavy atom. The second kappa shape index (κ2) is 5.66. The van der Waals surface area contributed by atoms with Gasteiger partial charge < -0.3 is 0 Å². The third-order valence-electron chi connectivity index (χ3n) is 4.32. The zero-order valence-corrected chi connectivity index (χ0v) is 15.3. The van der Waals surface area contributed by atoms with E-state index in [2.05, 4.69) is 45.0 Å². The molecule has 4 rings (SSSR count). The maximum absolute atomic E-state index is 4.80. The largest absolute Gasteiger partial charge is 0.258 e. The number of rotatable bonds is 3. The number of fused-ring (bicyclic) bond motifs is 3. The van der Waals surface area contributed by atoms with Gasteiger partial charge in [0.2, 0.25) is 0 Å². The number of aromatic nitrogens is 6. The maximum atomic E-state index is 4.80. The molecular formula is C17H17BrN6. The third-order valence-corrected chi connectivity index (χ3v) is 5.46. The molecule has 0 aliphatic carbocycles. The van der Waals surface area contributed by atoms with E-state index in [0.717, 1.165) is 44.7 Å². The van der Waals surface area contributed by atoms with Crippen molar-refractivity contribution in [3.05, 3.63) is 52.3 Å². The van der Waals surface area contributed by atoms with E-state index in [1.54, 1.807) is 10.8 Å². The molecule has 24 heavy (non-hydrogen) atoms. The van der Waals surface area contributed by atoms with Gasteiger partial charge in [-0.15, -0.1) is 5.10 Å². The van der Waals surface area contributed by atoms with Crippen LogP contribution >= 0.6 is 15.9 Å². The summed E-state index contributed by atoms with van der Waals surface area (Å²) >= 11 is 3.60. The highest BCUT2D eigenvalue weighted by Gasteiger charge is 2.22. The number of hydrogen-bond acceptors (Lipinski definition) is 4. The predicted octanol–water partition coefficient (Wildman–Crippen LogP) is 3.85. The Kier molecular flexibility index (Phi) is 3.60. The van der Waals surface area contributed by atoms with Gasteiger partial charge in [-0.1, -0.05) is 19.1 Å². The SMILES string of the molecule is CC[C@H](c1nc2c3ccccc3ncn2n1)n1nc(C)c(Br)c1C. The van der Waals surface area contributed by atoms with Gasteiger partial charge in [-0.25, -0.2) is 14.5 Å². The summed E-state index contributed by atoms with van der Waals surface area (Å²) in [7, 11) is 0. The second-order valence-corrected chi connectivity index (χ2v) is 6.65. The van der Waals surface area contributed by atoms with Crippen molar-refractivity contribution in [3.63, 3.8) is 0 Å². The molecule has 1 aromatic carbocycles. The monoisotopic (exact) mass is 384 g/mol. The fourth-order valence-electron chi connectivity index (χ4n) is 3.05. The molecule has 0 amide bonds. The standard InChI is InChI=1S/C17H17BrN6/c1-4-14(24-11(3)15(18)10(2)21-24)16-20-17-12-7-5-6-8-13(12)19-9-23(17)22-16/h5-9,14H,4H2,1-3H3/t14-/m1/s1. The number of aryl methyl sites for hydroxylation is 1. The molecule has 7 heteroatoms. The van der Waals surface area contributed by atoms with E-state index in [1.165, 1.54) is 0 Å². The maximum Gasteiger partial charge on any atom is 0.176 e. The summed E-state index contributed by atoms with van der Waals surface area (Å²) in [6, 6.07) is 7.98. The lowest BCUT2D eigenvalue weighted by molar-refractivity contribution is 0.472. The minimum absolute atomic E-state index is 0.00587. The summed E-state index contributed by atoms with van der Waals surface area (Å²) in [5.74, 6) is 0.758. The molecule has 0 radical (unpaired) electrons. The lowest BCUT2D eigenvalue weighted by Crippen LogP contribution is -2.14. The minimum Gasteiger partial charge on any atom is -0.258 e. The molecule has 122 valence electrons. The van der Waals surface area contributed by atoms with Gasteiger partial charge in [-0.05, 0) is 48.3 Å². The molecule has 6 nitrogen and oxygen atoms in total. The molecule has 4 aromatic rings. The first-order valence-corrected chi connectivity index (χ1v) is 8.70. The van der Waals surface area contributed by atoms with Gasteiger partial charge in [0, 0.05) is 5.39 Å². The normalized spacial score (nSPS) is 13.0. The molecule has 0 saturated carbocycles. The van der Waals surface area contributed by atoms with Gasteiger partial charge in [0.05, 0.1) is 21.4 Å². The number of para-hydroxylation sites is 1. The van der Waals surface area contributed by atoms with Crippen molar-refractivity contribution in [3.8, 4) is 0 Å². The zero-order chi connectivity index (χ0) is 16.8. The first-order chi connectivity index (χ1) is 11.6. The topological polar surface area (TPSA) is 60.9 Å². The van der Waals surface area contributed by atoms with Crippen molar-refractivity contribution >= 4 is 32.5 Å². The number of benzene rings is 1. The lowest BCUT2D eigenvalue weighted by atomic mass is 10.2. The van der Waals surface area contributed by atoms with Crippen LogP contribution < -0.4 is 0 Å². The van der Waals surface area contributed by atoms with Crippen LogP contribution in [0.2, 0.25) is 0 Å². The molecule has 0 bridgehead atoms. The van der Waals surface area contributed by atoms with E-state index in [9.17, 15) is 0 Å². The summed E-state index contributed by atoms with van der Waals surface area (Å²) in [4.78, 5) is 9.25.